The van der Waals surface area contributed by atoms with Crippen LogP contribution in [0.25, 0.3) is 0 Å². The maximum Gasteiger partial charge on any atom is 0.231 e. The summed E-state index contributed by atoms with van der Waals surface area (Å²) in [6, 6.07) is 1.84. The Morgan fingerprint density at radius 3 is 2.82 bits per heavy atom. The molecule has 0 rings (SSSR count). The highest BCUT2D eigenvalue weighted by Gasteiger charge is 2.08. The van der Waals surface area contributed by atoms with E-state index in [9.17, 15) is 4.79 Å². The van der Waals surface area contributed by atoms with Gasteiger partial charge >= 0.3 is 0 Å². The number of carbonyl (C=O) groups is 1. The Balaban J connectivity index is 3.62. The minimum absolute atomic E-state index is 0.130. The van der Waals surface area contributed by atoms with Gasteiger partial charge in [0, 0.05) is 6.54 Å². The van der Waals surface area contributed by atoms with E-state index < -0.39 is 11.3 Å². The highest BCUT2D eigenvalue weighted by molar-refractivity contribution is 6.22. The second kappa shape index (κ2) is 4.94. The number of nitrogens with zero attached hydrogens (tertiary/aromatic N) is 2. The van der Waals surface area contributed by atoms with Gasteiger partial charge < -0.3 is 5.73 Å². The number of likely N-dealkylation sites (N-methyl/N-ethyl adjacent to an activating group) is 1. The smallest absolute Gasteiger partial charge is 0.231 e. The van der Waals surface area contributed by atoms with Crippen LogP contribution in [0, 0.1) is 11.3 Å². The van der Waals surface area contributed by atoms with E-state index in [-0.39, 0.29) is 6.54 Å². The second-order valence-corrected chi connectivity index (χ2v) is 2.79. The third-order valence-electron chi connectivity index (χ3n) is 1.04. The van der Waals surface area contributed by atoms with Gasteiger partial charge in [0.15, 0.2) is 0 Å². The van der Waals surface area contributed by atoms with Gasteiger partial charge in [0.25, 0.3) is 0 Å². The molecule has 0 spiro atoms. The number of amides is 1. The zero-order valence-electron chi connectivity index (χ0n) is 6.25. The monoisotopic (exact) mass is 175 g/mol. The fourth-order valence-corrected chi connectivity index (χ4v) is 0.881. The summed E-state index contributed by atoms with van der Waals surface area (Å²) in [5.41, 5.74) is 4.90. The van der Waals surface area contributed by atoms with E-state index in [2.05, 4.69) is 0 Å². The van der Waals surface area contributed by atoms with E-state index in [1.807, 2.05) is 6.07 Å². The quantitative estimate of drug-likeness (QED) is 0.588. The molecule has 0 bridgehead atoms. The van der Waals surface area contributed by atoms with E-state index in [1.54, 1.807) is 11.9 Å². The Morgan fingerprint density at radius 1 is 1.91 bits per heavy atom. The van der Waals surface area contributed by atoms with Crippen LogP contribution in [0.15, 0.2) is 0 Å². The predicted octanol–water partition coefficient (Wildman–Crippen LogP) is -0.466. The van der Waals surface area contributed by atoms with Crippen molar-refractivity contribution in [2.24, 2.45) is 5.73 Å². The maximum absolute atomic E-state index is 10.3. The van der Waals surface area contributed by atoms with Gasteiger partial charge in [0.1, 0.15) is 5.38 Å². The average Bonchev–Trinajstić information content (AvgIpc) is 1.85. The van der Waals surface area contributed by atoms with E-state index in [0.717, 1.165) is 0 Å². The van der Waals surface area contributed by atoms with Crippen LogP contribution in [0.4, 0.5) is 0 Å². The largest absolute Gasteiger partial charge is 0.369 e. The highest BCUT2D eigenvalue weighted by Crippen LogP contribution is 1.95. The molecule has 0 aliphatic carbocycles. The molecule has 11 heavy (non-hydrogen) atoms. The molecule has 2 N–H and O–H groups in total. The topological polar surface area (TPSA) is 70.1 Å². The van der Waals surface area contributed by atoms with Crippen LogP contribution in [-0.4, -0.2) is 36.3 Å². The Kier molecular flexibility index (Phi) is 4.59. The van der Waals surface area contributed by atoms with Gasteiger partial charge in [-0.1, -0.05) is 0 Å². The van der Waals surface area contributed by atoms with Crippen molar-refractivity contribution in [3.05, 3.63) is 0 Å². The lowest BCUT2D eigenvalue weighted by molar-refractivity contribution is -0.118. The van der Waals surface area contributed by atoms with Crippen molar-refractivity contribution in [1.82, 2.24) is 4.90 Å². The predicted molar refractivity (Wildman–Crippen MR) is 41.9 cm³/mol. The van der Waals surface area contributed by atoms with Crippen molar-refractivity contribution in [2.75, 3.05) is 20.1 Å². The van der Waals surface area contributed by atoms with Gasteiger partial charge in [0.2, 0.25) is 5.91 Å². The third kappa shape index (κ3) is 5.64. The van der Waals surface area contributed by atoms with Gasteiger partial charge in [-0.25, -0.2) is 0 Å². The molecule has 0 aliphatic heterocycles. The number of carbonyl (C=O) groups excluding carboxylic acids is 1. The minimum atomic E-state index is -0.584. The SMILES string of the molecule is CN(CC(N)=O)CC(Cl)C#N. The number of rotatable bonds is 4. The number of primary amides is 1. The van der Waals surface area contributed by atoms with Gasteiger partial charge in [-0.05, 0) is 7.05 Å². The van der Waals surface area contributed by atoms with Gasteiger partial charge in [0.05, 0.1) is 12.6 Å². The first-order valence-corrected chi connectivity index (χ1v) is 3.50. The first-order valence-electron chi connectivity index (χ1n) is 3.06. The van der Waals surface area contributed by atoms with Crippen LogP contribution < -0.4 is 5.73 Å². The molecule has 62 valence electrons. The number of halogens is 1. The molecule has 4 nitrogen and oxygen atoms in total. The molecular weight excluding hydrogens is 166 g/mol. The molecule has 0 fully saturated rings. The van der Waals surface area contributed by atoms with Crippen molar-refractivity contribution in [1.29, 1.82) is 5.26 Å². The summed E-state index contributed by atoms with van der Waals surface area (Å²) in [5.74, 6) is -0.422. The molecule has 5 heteroatoms. The van der Waals surface area contributed by atoms with Crippen LogP contribution in [0.3, 0.4) is 0 Å². The van der Waals surface area contributed by atoms with Crippen molar-refractivity contribution >= 4 is 17.5 Å². The Hall–Kier alpha value is -0.790. The van der Waals surface area contributed by atoms with Crippen LogP contribution >= 0.6 is 11.6 Å². The lowest BCUT2D eigenvalue weighted by atomic mass is 10.4. The van der Waals surface area contributed by atoms with Gasteiger partial charge in [-0.3, -0.25) is 9.69 Å². The highest BCUT2D eigenvalue weighted by atomic mass is 35.5. The molecule has 1 amide bonds. The number of nitriles is 1. The van der Waals surface area contributed by atoms with Crippen molar-refractivity contribution < 1.29 is 4.79 Å². The summed E-state index contributed by atoms with van der Waals surface area (Å²) < 4.78 is 0. The standard InChI is InChI=1S/C6H10ClN3O/c1-10(4-6(9)11)3-5(7)2-8/h5H,3-4H2,1H3,(H2,9,11). The van der Waals surface area contributed by atoms with E-state index in [1.165, 1.54) is 0 Å². The first kappa shape index (κ1) is 10.2. The molecule has 0 aromatic carbocycles. The number of hydrogen-bond donors (Lipinski definition) is 1. The fourth-order valence-electron chi connectivity index (χ4n) is 0.645. The number of alkyl halides is 1. The molecule has 0 saturated heterocycles. The van der Waals surface area contributed by atoms with Crippen LogP contribution in [0.1, 0.15) is 0 Å². The summed E-state index contributed by atoms with van der Waals surface area (Å²) in [6.45, 7) is 0.478. The summed E-state index contributed by atoms with van der Waals surface area (Å²) >= 11 is 5.49. The van der Waals surface area contributed by atoms with Crippen molar-refractivity contribution in [3.8, 4) is 6.07 Å². The lowest BCUT2D eigenvalue weighted by Crippen LogP contribution is -2.34. The first-order chi connectivity index (χ1) is 5.06. The Morgan fingerprint density at radius 2 is 2.45 bits per heavy atom. The zero-order chi connectivity index (χ0) is 8.85. The second-order valence-electron chi connectivity index (χ2n) is 2.26. The summed E-state index contributed by atoms with van der Waals surface area (Å²) in [4.78, 5) is 11.9. The normalized spacial score (nSPS) is 12.5. The van der Waals surface area contributed by atoms with Crippen LogP contribution in [-0.2, 0) is 4.79 Å². The number of nitrogens with two attached hydrogens (primary N) is 1. The average molecular weight is 176 g/mol. The fraction of sp³-hybridized carbons (Fsp3) is 0.667. The van der Waals surface area contributed by atoms with E-state index in [4.69, 9.17) is 22.6 Å². The van der Waals surface area contributed by atoms with E-state index >= 15 is 0 Å². The van der Waals surface area contributed by atoms with Gasteiger partial charge in [-0.15, -0.1) is 11.6 Å². The Bertz CT molecular complexity index is 177. The molecule has 0 heterocycles. The van der Waals surface area contributed by atoms with Crippen LogP contribution in [0.2, 0.25) is 0 Å². The molecule has 1 unspecified atom stereocenters. The summed E-state index contributed by atoms with van der Waals surface area (Å²) in [7, 11) is 1.68. The van der Waals surface area contributed by atoms with Crippen molar-refractivity contribution in [3.63, 3.8) is 0 Å². The van der Waals surface area contributed by atoms with Crippen molar-refractivity contribution in [2.45, 2.75) is 5.38 Å². The summed E-state index contributed by atoms with van der Waals surface area (Å²) in [5, 5.41) is 7.71. The maximum atomic E-state index is 10.3. The Labute approximate surface area is 70.5 Å². The molecule has 0 aliphatic rings. The van der Waals surface area contributed by atoms with Crippen LogP contribution in [0.5, 0.6) is 0 Å². The molecule has 0 aromatic rings. The number of hydrogen-bond acceptors (Lipinski definition) is 3. The molecule has 0 radical (unpaired) electrons. The molecule has 0 saturated carbocycles. The minimum Gasteiger partial charge on any atom is -0.369 e. The zero-order valence-corrected chi connectivity index (χ0v) is 7.01. The lowest BCUT2D eigenvalue weighted by Gasteiger charge is -2.13. The van der Waals surface area contributed by atoms with E-state index in [0.29, 0.717) is 6.54 Å². The molecule has 1 atom stereocenters. The molecular formula is C6H10ClN3O. The summed E-state index contributed by atoms with van der Waals surface area (Å²) in [6.07, 6.45) is 0. The third-order valence-corrected chi connectivity index (χ3v) is 1.27. The molecule has 0 aromatic heterocycles. The van der Waals surface area contributed by atoms with Gasteiger partial charge in [-0.2, -0.15) is 5.26 Å².